The van der Waals surface area contributed by atoms with Gasteiger partial charge >= 0.3 is 0 Å². The van der Waals surface area contributed by atoms with Crippen LogP contribution in [-0.4, -0.2) is 0 Å². The molecule has 0 bridgehead atoms. The highest BCUT2D eigenvalue weighted by Crippen LogP contribution is 2.63. The fraction of sp³-hybridized carbons (Fsp3) is 0.0526. The number of rotatable bonds is 5. The van der Waals surface area contributed by atoms with Crippen molar-refractivity contribution in [1.82, 2.24) is 0 Å². The molecule has 0 heteroatoms. The standard InChI is InChI=1S/C57H38/c1-3-15-37(16-4-1)38-27-29-40(30-28-38)55(41-31-33-44-43-19-7-8-23-49(43)56(50(44)35-41)39-17-5-2-6-18-39)42-32-34-48-47-22-11-14-26-53(47)57(54(48)36-42)51-24-12-9-20-45(51)46-21-10-13-25-52(46)57/h1-36,55-56H. The summed E-state index contributed by atoms with van der Waals surface area (Å²) in [6.07, 6.45) is 0. The summed E-state index contributed by atoms with van der Waals surface area (Å²) in [7, 11) is 0. The molecular formula is C57H38. The van der Waals surface area contributed by atoms with Crippen LogP contribution in [0.4, 0.5) is 0 Å². The third-order valence-electron chi connectivity index (χ3n) is 13.1. The van der Waals surface area contributed by atoms with E-state index < -0.39 is 5.41 Å². The lowest BCUT2D eigenvalue weighted by molar-refractivity contribution is 0.789. The van der Waals surface area contributed by atoms with Crippen molar-refractivity contribution in [3.63, 3.8) is 0 Å². The molecule has 0 aliphatic heterocycles. The SMILES string of the molecule is c1ccc(-c2ccc(C(c3ccc4c(c3)C(c3ccccc3)c3ccccc3-4)c3ccc4c(c3)C3(c5ccccc5-c5ccccc53)c3ccccc3-4)cc2)cc1. The number of benzene rings is 9. The average Bonchev–Trinajstić information content (AvgIpc) is 3.89. The Bertz CT molecular complexity index is 2940. The molecule has 266 valence electrons. The summed E-state index contributed by atoms with van der Waals surface area (Å²) in [6.45, 7) is 0. The fourth-order valence-electron chi connectivity index (χ4n) is 10.8. The third-order valence-corrected chi connectivity index (χ3v) is 13.1. The summed E-state index contributed by atoms with van der Waals surface area (Å²) >= 11 is 0. The van der Waals surface area contributed by atoms with Gasteiger partial charge in [0.05, 0.1) is 5.41 Å². The summed E-state index contributed by atoms with van der Waals surface area (Å²) in [5.74, 6) is 0.195. The summed E-state index contributed by atoms with van der Waals surface area (Å²) in [6, 6.07) is 82.1. The molecule has 2 atom stereocenters. The van der Waals surface area contributed by atoms with Gasteiger partial charge in [0.1, 0.15) is 0 Å². The topological polar surface area (TPSA) is 0 Å². The van der Waals surface area contributed by atoms with Gasteiger partial charge < -0.3 is 0 Å². The quantitative estimate of drug-likeness (QED) is 0.155. The summed E-state index contributed by atoms with van der Waals surface area (Å²) < 4.78 is 0. The van der Waals surface area contributed by atoms with Crippen molar-refractivity contribution >= 4 is 0 Å². The first-order valence-corrected chi connectivity index (χ1v) is 20.2. The molecule has 9 aromatic carbocycles. The Morgan fingerprint density at radius 2 is 0.737 bits per heavy atom. The minimum Gasteiger partial charge on any atom is -0.0622 e. The van der Waals surface area contributed by atoms with Gasteiger partial charge in [-0.15, -0.1) is 0 Å². The molecule has 1 spiro atoms. The van der Waals surface area contributed by atoms with E-state index in [1.807, 2.05) is 0 Å². The fourth-order valence-corrected chi connectivity index (χ4v) is 10.8. The van der Waals surface area contributed by atoms with Crippen LogP contribution < -0.4 is 0 Å². The van der Waals surface area contributed by atoms with Gasteiger partial charge in [-0.1, -0.05) is 218 Å². The van der Waals surface area contributed by atoms with Crippen LogP contribution in [-0.2, 0) is 5.41 Å². The van der Waals surface area contributed by atoms with Crippen LogP contribution in [0.15, 0.2) is 218 Å². The van der Waals surface area contributed by atoms with Gasteiger partial charge in [-0.3, -0.25) is 0 Å². The zero-order chi connectivity index (χ0) is 37.5. The maximum Gasteiger partial charge on any atom is 0.0725 e. The van der Waals surface area contributed by atoms with Gasteiger partial charge in [0, 0.05) is 11.8 Å². The summed E-state index contributed by atoms with van der Waals surface area (Å²) in [5, 5.41) is 0. The normalized spacial score (nSPS) is 15.3. The monoisotopic (exact) mass is 722 g/mol. The highest BCUT2D eigenvalue weighted by atomic mass is 14.5. The Balaban J connectivity index is 1.09. The Morgan fingerprint density at radius 3 is 1.37 bits per heavy atom. The van der Waals surface area contributed by atoms with E-state index in [4.69, 9.17) is 0 Å². The van der Waals surface area contributed by atoms with E-state index in [1.165, 1.54) is 100 Å². The second-order valence-corrected chi connectivity index (χ2v) is 15.9. The van der Waals surface area contributed by atoms with Crippen molar-refractivity contribution in [2.24, 2.45) is 0 Å². The van der Waals surface area contributed by atoms with Crippen LogP contribution in [0.25, 0.3) is 44.5 Å². The maximum atomic E-state index is 2.57. The molecule has 0 nitrogen and oxygen atoms in total. The number of fused-ring (bicyclic) bond motifs is 13. The van der Waals surface area contributed by atoms with Gasteiger partial charge in [-0.05, 0) is 100 Å². The lowest BCUT2D eigenvalue weighted by atomic mass is 9.70. The van der Waals surface area contributed by atoms with E-state index in [9.17, 15) is 0 Å². The predicted molar refractivity (Wildman–Crippen MR) is 235 cm³/mol. The van der Waals surface area contributed by atoms with Crippen molar-refractivity contribution in [2.45, 2.75) is 17.3 Å². The van der Waals surface area contributed by atoms with Crippen LogP contribution in [0.2, 0.25) is 0 Å². The number of hydrogen-bond acceptors (Lipinski definition) is 0. The molecule has 0 amide bonds. The molecule has 0 heterocycles. The highest BCUT2D eigenvalue weighted by molar-refractivity contribution is 5.95. The van der Waals surface area contributed by atoms with Crippen molar-refractivity contribution in [3.8, 4) is 44.5 Å². The molecule has 0 fully saturated rings. The molecule has 0 aromatic heterocycles. The zero-order valence-corrected chi connectivity index (χ0v) is 31.4. The summed E-state index contributed by atoms with van der Waals surface area (Å²) in [5.41, 5.74) is 23.6. The van der Waals surface area contributed by atoms with Crippen molar-refractivity contribution in [2.75, 3.05) is 0 Å². The van der Waals surface area contributed by atoms with E-state index in [0.717, 1.165) is 0 Å². The van der Waals surface area contributed by atoms with E-state index in [0.29, 0.717) is 0 Å². The van der Waals surface area contributed by atoms with E-state index in [1.54, 1.807) is 0 Å². The smallest absolute Gasteiger partial charge is 0.0622 e. The Labute approximate surface area is 334 Å². The highest BCUT2D eigenvalue weighted by Gasteiger charge is 2.51. The van der Waals surface area contributed by atoms with Crippen LogP contribution >= 0.6 is 0 Å². The molecule has 12 rings (SSSR count). The zero-order valence-electron chi connectivity index (χ0n) is 31.4. The van der Waals surface area contributed by atoms with Gasteiger partial charge in [-0.25, -0.2) is 0 Å². The van der Waals surface area contributed by atoms with E-state index >= 15 is 0 Å². The predicted octanol–water partition coefficient (Wildman–Crippen LogP) is 14.0. The second kappa shape index (κ2) is 12.5. The maximum absolute atomic E-state index is 2.57. The molecule has 0 saturated heterocycles. The van der Waals surface area contributed by atoms with Crippen molar-refractivity contribution in [1.29, 1.82) is 0 Å². The van der Waals surface area contributed by atoms with Crippen molar-refractivity contribution in [3.05, 3.63) is 274 Å². The second-order valence-electron chi connectivity index (χ2n) is 15.9. The molecule has 3 aliphatic carbocycles. The molecule has 0 saturated carbocycles. The largest absolute Gasteiger partial charge is 0.0725 e. The molecule has 2 unspecified atom stereocenters. The van der Waals surface area contributed by atoms with Gasteiger partial charge in [-0.2, -0.15) is 0 Å². The van der Waals surface area contributed by atoms with Crippen LogP contribution in [0.1, 0.15) is 67.5 Å². The first-order chi connectivity index (χ1) is 28.3. The molecule has 9 aromatic rings. The Hall–Kier alpha value is -7.02. The first-order valence-electron chi connectivity index (χ1n) is 20.2. The first kappa shape index (κ1) is 32.2. The van der Waals surface area contributed by atoms with Crippen LogP contribution in [0.5, 0.6) is 0 Å². The molecule has 3 aliphatic rings. The van der Waals surface area contributed by atoms with E-state index in [2.05, 4.69) is 218 Å². The minimum absolute atomic E-state index is 0.0122. The van der Waals surface area contributed by atoms with Gasteiger partial charge in [0.2, 0.25) is 0 Å². The third kappa shape index (κ3) is 4.62. The molecular weight excluding hydrogens is 685 g/mol. The lowest BCUT2D eigenvalue weighted by Gasteiger charge is -2.31. The molecule has 57 heavy (non-hydrogen) atoms. The minimum atomic E-state index is -0.394. The lowest BCUT2D eigenvalue weighted by Crippen LogP contribution is -2.26. The van der Waals surface area contributed by atoms with Gasteiger partial charge in [0.15, 0.2) is 0 Å². The molecule has 0 N–H and O–H groups in total. The average molecular weight is 723 g/mol. The number of hydrogen-bond donors (Lipinski definition) is 0. The van der Waals surface area contributed by atoms with Crippen molar-refractivity contribution < 1.29 is 0 Å². The van der Waals surface area contributed by atoms with Gasteiger partial charge in [0.25, 0.3) is 0 Å². The molecule has 0 radical (unpaired) electrons. The summed E-state index contributed by atoms with van der Waals surface area (Å²) in [4.78, 5) is 0. The van der Waals surface area contributed by atoms with Crippen LogP contribution in [0.3, 0.4) is 0 Å². The Morgan fingerprint density at radius 1 is 0.298 bits per heavy atom. The van der Waals surface area contributed by atoms with E-state index in [-0.39, 0.29) is 11.8 Å². The van der Waals surface area contributed by atoms with Crippen LogP contribution in [0, 0.1) is 0 Å². The Kier molecular flexibility index (Phi) is 7.07.